The monoisotopic (exact) mass is 635 g/mol. The molecule has 0 radical (unpaired) electrons. The van der Waals surface area contributed by atoms with Crippen LogP contribution in [0.15, 0.2) is 81.2 Å². The Hall–Kier alpha value is -5.29. The number of carboxylic acid groups (broad SMARTS) is 1. The van der Waals surface area contributed by atoms with Crippen molar-refractivity contribution in [2.45, 2.75) is 24.5 Å². The Morgan fingerprint density at radius 2 is 2.05 bits per heavy atom. The fourth-order valence-corrected chi connectivity index (χ4v) is 6.79. The normalized spacial score (nSPS) is 18.0. The lowest BCUT2D eigenvalue weighted by Gasteiger charge is -2.49. The SMILES string of the molecule is Nc1nc(C(=NOC(=O)NCc2ccccc2)C(=O)NC2C(=O)N3C(C(=O)O)=C(C[n+]4ccc5sccc5c4)CS[C@@H]23)no1. The molecule has 1 fully saturated rings. The molecule has 2 atom stereocenters. The van der Waals surface area contributed by atoms with Gasteiger partial charge >= 0.3 is 18.1 Å². The van der Waals surface area contributed by atoms with Crippen molar-refractivity contribution in [2.24, 2.45) is 5.16 Å². The number of carbonyl (C=O) groups is 4. The van der Waals surface area contributed by atoms with Crippen LogP contribution in [0.5, 0.6) is 0 Å². The van der Waals surface area contributed by atoms with E-state index in [0.29, 0.717) is 11.3 Å². The summed E-state index contributed by atoms with van der Waals surface area (Å²) >= 11 is 2.91. The van der Waals surface area contributed by atoms with Gasteiger partial charge in [0.2, 0.25) is 11.5 Å². The van der Waals surface area contributed by atoms with E-state index in [2.05, 4.69) is 25.9 Å². The fourth-order valence-electron chi connectivity index (χ4n) is 4.70. The summed E-state index contributed by atoms with van der Waals surface area (Å²) in [5, 5.41) is 24.5. The standard InChI is InChI=1S/C27H22N8O7S2/c28-26-31-21(33-41-26)18(32-42-27(40)29-10-14-4-2-1-3-5-14)22(36)30-19-23(37)35-20(25(38)39)16(13-44-24(19)35)12-34-8-6-17-15(11-34)7-9-43-17/h1-9,11,19,24H,10,12-13H2,(H4-,28,29,30,31,33,36,38,39,40)/p+1/t19?,24-/m0/s1. The summed E-state index contributed by atoms with van der Waals surface area (Å²) in [5.74, 6) is -2.92. The smallest absolute Gasteiger partial charge is 0.433 e. The molecule has 0 saturated carbocycles. The quantitative estimate of drug-likeness (QED) is 0.0676. The Morgan fingerprint density at radius 3 is 2.80 bits per heavy atom. The van der Waals surface area contributed by atoms with Gasteiger partial charge in [0.25, 0.3) is 11.8 Å². The number of oxime groups is 1. The van der Waals surface area contributed by atoms with Crippen LogP contribution in [0.2, 0.25) is 0 Å². The first-order chi connectivity index (χ1) is 21.3. The number of amides is 3. The number of thioether (sulfide) groups is 1. The summed E-state index contributed by atoms with van der Waals surface area (Å²) < 4.78 is 7.70. The highest BCUT2D eigenvalue weighted by molar-refractivity contribution is 8.00. The summed E-state index contributed by atoms with van der Waals surface area (Å²) in [7, 11) is 0. The van der Waals surface area contributed by atoms with Crippen molar-refractivity contribution in [2.75, 3.05) is 11.5 Å². The number of fused-ring (bicyclic) bond motifs is 2. The van der Waals surface area contributed by atoms with Gasteiger partial charge in [0, 0.05) is 28.6 Å². The van der Waals surface area contributed by atoms with E-state index in [9.17, 15) is 24.3 Å². The molecule has 1 saturated heterocycles. The van der Waals surface area contributed by atoms with E-state index in [0.717, 1.165) is 20.5 Å². The molecule has 1 unspecified atom stereocenters. The number of thiophene rings is 1. The maximum Gasteiger partial charge on any atom is 0.433 e. The molecule has 5 heterocycles. The lowest BCUT2D eigenvalue weighted by molar-refractivity contribution is -0.687. The molecule has 0 spiro atoms. The number of carboxylic acids is 1. The third-order valence-corrected chi connectivity index (χ3v) is 8.96. The lowest BCUT2D eigenvalue weighted by atomic mass is 10.0. The molecular formula is C27H23N8O7S2+. The van der Waals surface area contributed by atoms with E-state index in [-0.39, 0.29) is 30.6 Å². The average molecular weight is 636 g/mol. The Kier molecular flexibility index (Phi) is 7.95. The number of nitrogen functional groups attached to an aromatic ring is 1. The molecular weight excluding hydrogens is 612 g/mol. The number of hydrogen-bond donors (Lipinski definition) is 4. The molecule has 6 rings (SSSR count). The summed E-state index contributed by atoms with van der Waals surface area (Å²) in [5.41, 5.74) is 6.14. The molecule has 3 amide bonds. The van der Waals surface area contributed by atoms with Crippen molar-refractivity contribution >= 4 is 68.8 Å². The summed E-state index contributed by atoms with van der Waals surface area (Å²) in [6, 6.07) is 11.5. The number of nitrogens with zero attached hydrogens (tertiary/aromatic N) is 5. The van der Waals surface area contributed by atoms with Crippen molar-refractivity contribution in [1.29, 1.82) is 0 Å². The second kappa shape index (κ2) is 12.1. The van der Waals surface area contributed by atoms with Crippen LogP contribution < -0.4 is 20.9 Å². The van der Waals surface area contributed by atoms with Gasteiger partial charge in [0.15, 0.2) is 18.9 Å². The van der Waals surface area contributed by atoms with E-state index < -0.39 is 41.0 Å². The molecule has 2 aliphatic rings. The maximum atomic E-state index is 13.2. The van der Waals surface area contributed by atoms with Crippen molar-refractivity contribution < 1.29 is 38.2 Å². The highest BCUT2D eigenvalue weighted by atomic mass is 32.2. The Labute approximate surface area is 256 Å². The van der Waals surface area contributed by atoms with Crippen LogP contribution in [0.25, 0.3) is 10.1 Å². The number of benzene rings is 1. The van der Waals surface area contributed by atoms with Crippen LogP contribution in [-0.4, -0.2) is 66.9 Å². The fraction of sp³-hybridized carbons (Fsp3) is 0.185. The summed E-state index contributed by atoms with van der Waals surface area (Å²) in [4.78, 5) is 60.8. The first-order valence-corrected chi connectivity index (χ1v) is 14.9. The molecule has 5 N–H and O–H groups in total. The van der Waals surface area contributed by atoms with Gasteiger partial charge in [-0.05, 0) is 17.0 Å². The Balaban J connectivity index is 1.16. The number of β-lactam (4-membered cyclic amide) rings is 1. The number of rotatable bonds is 9. The predicted molar refractivity (Wildman–Crippen MR) is 157 cm³/mol. The maximum absolute atomic E-state index is 13.2. The molecule has 0 aliphatic carbocycles. The number of nitrogens with two attached hydrogens (primary N) is 1. The summed E-state index contributed by atoms with van der Waals surface area (Å²) in [6.45, 7) is 0.410. The van der Waals surface area contributed by atoms with Crippen molar-refractivity contribution in [3.63, 3.8) is 0 Å². The number of carbonyl (C=O) groups excluding carboxylic acids is 3. The van der Waals surface area contributed by atoms with Crippen LogP contribution in [0.4, 0.5) is 10.8 Å². The number of aromatic nitrogens is 3. The van der Waals surface area contributed by atoms with Gasteiger partial charge in [-0.3, -0.25) is 19.3 Å². The number of nitrogens with one attached hydrogen (secondary N) is 2. The second-order valence-electron chi connectivity index (χ2n) is 9.59. The first kappa shape index (κ1) is 28.8. The minimum absolute atomic E-state index is 0.125. The molecule has 15 nitrogen and oxygen atoms in total. The van der Waals surface area contributed by atoms with Gasteiger partial charge in [-0.15, -0.1) is 23.1 Å². The summed E-state index contributed by atoms with van der Waals surface area (Å²) in [6.07, 6.45) is 2.81. The van der Waals surface area contributed by atoms with E-state index >= 15 is 0 Å². The number of aliphatic carboxylic acids is 1. The van der Waals surface area contributed by atoms with E-state index in [1.807, 2.05) is 40.5 Å². The van der Waals surface area contributed by atoms with E-state index in [1.54, 1.807) is 35.6 Å². The van der Waals surface area contributed by atoms with Crippen molar-refractivity contribution in [3.8, 4) is 0 Å². The van der Waals surface area contributed by atoms with Gasteiger partial charge in [-0.1, -0.05) is 40.6 Å². The highest BCUT2D eigenvalue weighted by Crippen LogP contribution is 2.40. The predicted octanol–water partition coefficient (Wildman–Crippen LogP) is 1.22. The zero-order chi connectivity index (χ0) is 30.8. The number of hydrogen-bond acceptors (Lipinski definition) is 12. The van der Waals surface area contributed by atoms with Crippen LogP contribution in [-0.2, 0) is 32.3 Å². The highest BCUT2D eigenvalue weighted by Gasteiger charge is 2.55. The number of anilines is 1. The molecule has 4 aromatic rings. The average Bonchev–Trinajstić information content (AvgIpc) is 3.67. The number of pyridine rings is 1. The molecule has 3 aromatic heterocycles. The van der Waals surface area contributed by atoms with E-state index in [4.69, 9.17) is 15.1 Å². The van der Waals surface area contributed by atoms with Gasteiger partial charge in [0.05, 0.1) is 5.39 Å². The zero-order valence-corrected chi connectivity index (χ0v) is 24.2. The van der Waals surface area contributed by atoms with Gasteiger partial charge < -0.3 is 26.0 Å². The van der Waals surface area contributed by atoms with Crippen LogP contribution in [0.1, 0.15) is 11.4 Å². The Morgan fingerprint density at radius 1 is 1.23 bits per heavy atom. The molecule has 1 aromatic carbocycles. The molecule has 17 heteroatoms. The van der Waals surface area contributed by atoms with E-state index in [1.165, 1.54) is 11.8 Å². The molecule has 0 bridgehead atoms. The molecule has 224 valence electrons. The van der Waals surface area contributed by atoms with Gasteiger partial charge in [0.1, 0.15) is 17.1 Å². The zero-order valence-electron chi connectivity index (χ0n) is 22.6. The third-order valence-electron chi connectivity index (χ3n) is 6.73. The topological polar surface area (TPSA) is 206 Å². The van der Waals surface area contributed by atoms with Gasteiger partial charge in [-0.2, -0.15) is 4.98 Å². The van der Waals surface area contributed by atoms with Crippen molar-refractivity contribution in [3.05, 3.63) is 82.9 Å². The third kappa shape index (κ3) is 5.82. The van der Waals surface area contributed by atoms with Crippen LogP contribution in [0, 0.1) is 0 Å². The minimum atomic E-state index is -1.25. The largest absolute Gasteiger partial charge is 0.477 e. The lowest BCUT2D eigenvalue weighted by Crippen LogP contribution is -2.71. The molecule has 44 heavy (non-hydrogen) atoms. The minimum Gasteiger partial charge on any atom is -0.477 e. The van der Waals surface area contributed by atoms with Crippen molar-refractivity contribution in [1.82, 2.24) is 25.7 Å². The first-order valence-electron chi connectivity index (χ1n) is 13.0. The second-order valence-corrected chi connectivity index (χ2v) is 11.6. The van der Waals surface area contributed by atoms with Gasteiger partial charge in [-0.25, -0.2) is 14.2 Å². The Bertz CT molecular complexity index is 1840. The molecule has 2 aliphatic heterocycles. The van der Waals surface area contributed by atoms with Crippen LogP contribution >= 0.6 is 23.1 Å². The van der Waals surface area contributed by atoms with Crippen LogP contribution in [0.3, 0.4) is 0 Å².